The quantitative estimate of drug-likeness (QED) is 0.586. The van der Waals surface area contributed by atoms with E-state index in [-0.39, 0.29) is 9.76 Å². The lowest BCUT2D eigenvalue weighted by atomic mass is 10.8. The molecule has 0 aromatic heterocycles. The summed E-state index contributed by atoms with van der Waals surface area (Å²) in [5.41, 5.74) is 0. The van der Waals surface area contributed by atoms with Crippen LogP contribution in [0.15, 0.2) is 0 Å². The van der Waals surface area contributed by atoms with Gasteiger partial charge in [0.05, 0.1) is 4.43 Å². The van der Waals surface area contributed by atoms with E-state index in [0.29, 0.717) is 0 Å². The molecule has 0 unspecified atom stereocenters. The Hall–Kier alpha value is 0.150. The number of halogens is 2. The Morgan fingerprint density at radius 3 is 1.50 bits per heavy atom. The van der Waals surface area contributed by atoms with Crippen molar-refractivity contribution in [2.24, 2.45) is 0 Å². The zero-order valence-corrected chi connectivity index (χ0v) is 8.62. The number of aliphatic carboxylic acids is 2. The van der Waals surface area contributed by atoms with E-state index in [0.717, 1.165) is 0 Å². The Kier molecular flexibility index (Phi) is 11.7. The topological polar surface area (TPSA) is 74.6 Å². The number of carboxylic acids is 2. The summed E-state index contributed by atoms with van der Waals surface area (Å²) >= 11 is 4.49. The standard InChI is InChI=1S/C2H3BrO2.C2H3IO2/c2*3-1-2(4)5/h2*1H2,(H,4,5). The summed E-state index contributed by atoms with van der Waals surface area (Å²) in [5.74, 6) is -1.59. The lowest BCUT2D eigenvalue weighted by Gasteiger charge is -1.70. The van der Waals surface area contributed by atoms with Gasteiger partial charge in [-0.2, -0.15) is 0 Å². The normalized spacial score (nSPS) is 7.40. The summed E-state index contributed by atoms with van der Waals surface area (Å²) in [6.07, 6.45) is 0. The minimum atomic E-state index is -0.829. The third kappa shape index (κ3) is 24.2. The van der Waals surface area contributed by atoms with Crippen LogP contribution in [0.25, 0.3) is 0 Å². The molecule has 0 saturated carbocycles. The van der Waals surface area contributed by atoms with Gasteiger partial charge in [-0.1, -0.05) is 38.5 Å². The molecule has 0 aliphatic carbocycles. The molecule has 0 aromatic carbocycles. The number of carboxylic acid groups (broad SMARTS) is 2. The van der Waals surface area contributed by atoms with E-state index in [4.69, 9.17) is 10.2 Å². The number of hydrogen-bond donors (Lipinski definition) is 2. The van der Waals surface area contributed by atoms with Gasteiger partial charge in [0.2, 0.25) is 0 Å². The summed E-state index contributed by atoms with van der Waals surface area (Å²) in [6, 6.07) is 0. The maximum absolute atomic E-state index is 9.36. The molecule has 0 fully saturated rings. The molecule has 0 aliphatic rings. The van der Waals surface area contributed by atoms with Crippen molar-refractivity contribution in [1.29, 1.82) is 0 Å². The third-order valence-corrected chi connectivity index (χ3v) is 1.36. The first-order chi connectivity index (χ1) is 4.54. The third-order valence-electron chi connectivity index (χ3n) is 0.229. The van der Waals surface area contributed by atoms with Crippen molar-refractivity contribution in [3.05, 3.63) is 0 Å². The van der Waals surface area contributed by atoms with Crippen molar-refractivity contribution in [3.63, 3.8) is 0 Å². The zero-order valence-electron chi connectivity index (χ0n) is 4.88. The summed E-state index contributed by atoms with van der Waals surface area (Å²) in [6.45, 7) is 0. The van der Waals surface area contributed by atoms with Crippen molar-refractivity contribution in [1.82, 2.24) is 0 Å². The highest BCUT2D eigenvalue weighted by molar-refractivity contribution is 14.1. The van der Waals surface area contributed by atoms with E-state index in [1.165, 1.54) is 0 Å². The van der Waals surface area contributed by atoms with Crippen LogP contribution in [0.4, 0.5) is 0 Å². The zero-order chi connectivity index (χ0) is 8.57. The second-order valence-corrected chi connectivity index (χ2v) is 2.38. The second-order valence-electron chi connectivity index (χ2n) is 1.05. The Bertz CT molecular complexity index is 102. The molecule has 0 atom stereocenters. The van der Waals surface area contributed by atoms with Crippen LogP contribution in [0.3, 0.4) is 0 Å². The molecule has 0 spiro atoms. The molecule has 10 heavy (non-hydrogen) atoms. The Morgan fingerprint density at radius 1 is 1.30 bits per heavy atom. The van der Waals surface area contributed by atoms with Crippen LogP contribution in [0, 0.1) is 0 Å². The van der Waals surface area contributed by atoms with Crippen LogP contribution in [0.1, 0.15) is 0 Å². The molecular formula is C4H6BrIO4. The first kappa shape index (κ1) is 12.8. The molecule has 2 N–H and O–H groups in total. The van der Waals surface area contributed by atoms with E-state index >= 15 is 0 Å². The van der Waals surface area contributed by atoms with Gasteiger partial charge in [0.25, 0.3) is 0 Å². The smallest absolute Gasteiger partial charge is 0.314 e. The van der Waals surface area contributed by atoms with Crippen molar-refractivity contribution in [3.8, 4) is 0 Å². The van der Waals surface area contributed by atoms with E-state index in [1.807, 2.05) is 0 Å². The molecule has 0 heterocycles. The van der Waals surface area contributed by atoms with Crippen LogP contribution in [-0.4, -0.2) is 31.9 Å². The molecule has 0 saturated heterocycles. The number of hydrogen-bond acceptors (Lipinski definition) is 2. The molecule has 0 aromatic rings. The summed E-state index contributed by atoms with van der Waals surface area (Å²) in [5, 5.41) is 15.4. The number of rotatable bonds is 2. The van der Waals surface area contributed by atoms with E-state index in [2.05, 4.69) is 15.9 Å². The van der Waals surface area contributed by atoms with Gasteiger partial charge >= 0.3 is 11.9 Å². The van der Waals surface area contributed by atoms with E-state index < -0.39 is 11.9 Å². The molecule has 0 rings (SSSR count). The van der Waals surface area contributed by atoms with Crippen molar-refractivity contribution < 1.29 is 19.8 Å². The molecule has 0 amide bonds. The van der Waals surface area contributed by atoms with Crippen LogP contribution in [0.5, 0.6) is 0 Å². The predicted octanol–water partition coefficient (Wildman–Crippen LogP) is 0.972. The first-order valence-corrected chi connectivity index (χ1v) is 4.74. The van der Waals surface area contributed by atoms with Gasteiger partial charge in [0, 0.05) is 0 Å². The number of carbonyl (C=O) groups is 2. The van der Waals surface area contributed by atoms with Crippen molar-refractivity contribution in [2.75, 3.05) is 9.76 Å². The Morgan fingerprint density at radius 2 is 1.50 bits per heavy atom. The van der Waals surface area contributed by atoms with Gasteiger partial charge in [0.1, 0.15) is 5.33 Å². The lowest BCUT2D eigenvalue weighted by Crippen LogP contribution is -1.92. The van der Waals surface area contributed by atoms with Gasteiger partial charge in [-0.25, -0.2) is 0 Å². The molecule has 6 heteroatoms. The molecular weight excluding hydrogens is 319 g/mol. The maximum Gasteiger partial charge on any atom is 0.314 e. The fourth-order valence-corrected chi connectivity index (χ4v) is 0. The van der Waals surface area contributed by atoms with Crippen molar-refractivity contribution in [2.45, 2.75) is 0 Å². The molecule has 0 aliphatic heterocycles. The Balaban J connectivity index is 0. The van der Waals surface area contributed by atoms with Crippen molar-refractivity contribution >= 4 is 50.5 Å². The summed E-state index contributed by atoms with van der Waals surface area (Å²) < 4.78 is 0.192. The average molecular weight is 325 g/mol. The fraction of sp³-hybridized carbons (Fsp3) is 0.500. The van der Waals surface area contributed by atoms with Gasteiger partial charge in [-0.3, -0.25) is 9.59 Å². The second kappa shape index (κ2) is 9.15. The maximum atomic E-state index is 9.36. The highest BCUT2D eigenvalue weighted by atomic mass is 127. The minimum absolute atomic E-state index is 0.0347. The molecule has 0 bridgehead atoms. The van der Waals surface area contributed by atoms with Crippen LogP contribution >= 0.6 is 38.5 Å². The van der Waals surface area contributed by atoms with E-state index in [1.54, 1.807) is 22.6 Å². The molecule has 4 nitrogen and oxygen atoms in total. The lowest BCUT2D eigenvalue weighted by molar-refractivity contribution is -0.134. The number of alkyl halides is 2. The molecule has 60 valence electrons. The monoisotopic (exact) mass is 324 g/mol. The van der Waals surface area contributed by atoms with Gasteiger partial charge in [-0.05, 0) is 0 Å². The first-order valence-electron chi connectivity index (χ1n) is 2.10. The van der Waals surface area contributed by atoms with Gasteiger partial charge in [0.15, 0.2) is 0 Å². The molecule has 0 radical (unpaired) electrons. The SMILES string of the molecule is O=C(O)CBr.O=C(O)CI. The average Bonchev–Trinajstić information content (AvgIpc) is 1.89. The van der Waals surface area contributed by atoms with Gasteiger partial charge in [-0.15, -0.1) is 0 Å². The summed E-state index contributed by atoms with van der Waals surface area (Å²) in [4.78, 5) is 18.7. The van der Waals surface area contributed by atoms with Crippen LogP contribution in [0.2, 0.25) is 0 Å². The van der Waals surface area contributed by atoms with E-state index in [9.17, 15) is 9.59 Å². The Labute approximate surface area is 79.9 Å². The van der Waals surface area contributed by atoms with Crippen LogP contribution in [-0.2, 0) is 9.59 Å². The van der Waals surface area contributed by atoms with Gasteiger partial charge < -0.3 is 10.2 Å². The minimum Gasteiger partial charge on any atom is -0.481 e. The van der Waals surface area contributed by atoms with Crippen LogP contribution < -0.4 is 0 Å². The highest BCUT2D eigenvalue weighted by Crippen LogP contribution is 1.75. The fourth-order valence-electron chi connectivity index (χ4n) is 0. The summed E-state index contributed by atoms with van der Waals surface area (Å²) in [7, 11) is 0. The largest absolute Gasteiger partial charge is 0.481 e. The predicted molar refractivity (Wildman–Crippen MR) is 48.0 cm³/mol. The highest BCUT2D eigenvalue weighted by Gasteiger charge is 1.83.